The number of aromatic nitrogens is 2. The van der Waals surface area contributed by atoms with Gasteiger partial charge in [0, 0.05) is 18.7 Å². The number of nitrogens with one attached hydrogen (secondary N) is 1. The van der Waals surface area contributed by atoms with Gasteiger partial charge < -0.3 is 19.9 Å². The van der Waals surface area contributed by atoms with Crippen LogP contribution in [0, 0.1) is 6.92 Å². The number of benzene rings is 1. The highest BCUT2D eigenvalue weighted by Gasteiger charge is 2.36. The number of halogens is 1. The quantitative estimate of drug-likeness (QED) is 0.252. The number of aliphatic hydroxyl groups excluding tert-OH is 1. The number of methoxy groups -OCH3 is 1. The lowest BCUT2D eigenvalue weighted by Crippen LogP contribution is -2.56. The summed E-state index contributed by atoms with van der Waals surface area (Å²) in [6.07, 6.45) is 0.265. The number of hydrogen-bond donors (Lipinski definition) is 2. The first kappa shape index (κ1) is 36.3. The van der Waals surface area contributed by atoms with Crippen LogP contribution in [-0.4, -0.2) is 52.0 Å². The first-order valence-electron chi connectivity index (χ1n) is 13.3. The van der Waals surface area contributed by atoms with Crippen molar-refractivity contribution in [1.82, 2.24) is 14.5 Å². The van der Waals surface area contributed by atoms with Crippen molar-refractivity contribution in [3.63, 3.8) is 0 Å². The normalized spacial score (nSPS) is 11.1. The van der Waals surface area contributed by atoms with E-state index in [1.165, 1.54) is 18.4 Å². The highest BCUT2D eigenvalue weighted by molar-refractivity contribution is 14.0. The van der Waals surface area contributed by atoms with Crippen LogP contribution in [0.2, 0.25) is 0 Å². The molecular weight excluding hydrogens is 661 g/mol. The van der Waals surface area contributed by atoms with E-state index in [9.17, 15) is 19.2 Å². The lowest BCUT2D eigenvalue weighted by molar-refractivity contribution is -0.129. The number of rotatable bonds is 9. The summed E-state index contributed by atoms with van der Waals surface area (Å²) in [5.74, 6) is -0.324. The van der Waals surface area contributed by atoms with Gasteiger partial charge in [0.25, 0.3) is 5.56 Å². The molecule has 3 aromatic rings. The highest BCUT2D eigenvalue weighted by atomic mass is 127. The first-order valence-corrected chi connectivity index (χ1v) is 14.1. The Morgan fingerprint density at radius 2 is 1.71 bits per heavy atom. The summed E-state index contributed by atoms with van der Waals surface area (Å²) in [7, 11) is 1.58. The van der Waals surface area contributed by atoms with Gasteiger partial charge in [0.15, 0.2) is 0 Å². The van der Waals surface area contributed by atoms with Crippen LogP contribution in [0.5, 0.6) is 5.75 Å². The van der Waals surface area contributed by atoms with Crippen molar-refractivity contribution in [2.24, 2.45) is 0 Å². The number of ether oxygens (including phenoxy) is 2. The fourth-order valence-corrected chi connectivity index (χ4v) is 5.32. The average molecular weight is 704 g/mol. The molecule has 0 aliphatic heterocycles. The number of esters is 1. The molecule has 0 aliphatic carbocycles. The molecule has 0 saturated carbocycles. The van der Waals surface area contributed by atoms with Crippen LogP contribution in [-0.2, 0) is 28.0 Å². The second-order valence-corrected chi connectivity index (χ2v) is 11.4. The molecule has 1 amide bonds. The fraction of sp³-hybridized carbons (Fsp3) is 0.517. The number of amides is 1. The van der Waals surface area contributed by atoms with E-state index in [1.54, 1.807) is 48.7 Å². The predicted molar refractivity (Wildman–Crippen MR) is 173 cm³/mol. The molecule has 0 unspecified atom stereocenters. The monoisotopic (exact) mass is 703 g/mol. The summed E-state index contributed by atoms with van der Waals surface area (Å²) in [6, 6.07) is 7.30. The molecule has 0 spiro atoms. The molecule has 1 aromatic carbocycles. The van der Waals surface area contributed by atoms with Gasteiger partial charge in [-0.25, -0.2) is 14.2 Å². The van der Waals surface area contributed by atoms with Gasteiger partial charge in [0.05, 0.1) is 19.1 Å². The molecule has 0 bridgehead atoms. The van der Waals surface area contributed by atoms with Crippen molar-refractivity contribution in [3.05, 3.63) is 61.1 Å². The summed E-state index contributed by atoms with van der Waals surface area (Å²) in [6.45, 7) is 13.9. The maximum atomic E-state index is 13.8. The minimum Gasteiger partial charge on any atom is -0.496 e. The summed E-state index contributed by atoms with van der Waals surface area (Å²) in [4.78, 5) is 53.9. The third-order valence-electron chi connectivity index (χ3n) is 6.01. The largest absolute Gasteiger partial charge is 0.496 e. The maximum absolute atomic E-state index is 13.8. The highest BCUT2D eigenvalue weighted by Crippen LogP contribution is 2.30. The lowest BCUT2D eigenvalue weighted by Gasteiger charge is -2.27. The van der Waals surface area contributed by atoms with Gasteiger partial charge in [-0.05, 0) is 79.0 Å². The van der Waals surface area contributed by atoms with E-state index in [0.717, 1.165) is 21.5 Å². The number of carbonyl (C=O) groups excluding carboxylic acids is 2. The van der Waals surface area contributed by atoms with Gasteiger partial charge in [-0.15, -0.1) is 35.3 Å². The number of aliphatic hydroxyl groups is 1. The van der Waals surface area contributed by atoms with Gasteiger partial charge in [-0.2, -0.15) is 0 Å². The molecule has 2 aromatic heterocycles. The maximum Gasteiger partial charge on any atom is 0.348 e. The van der Waals surface area contributed by atoms with Crippen LogP contribution in [0.25, 0.3) is 10.2 Å². The predicted octanol–water partition coefficient (Wildman–Crippen LogP) is 4.23. The Morgan fingerprint density at radius 3 is 2.24 bits per heavy atom. The van der Waals surface area contributed by atoms with Crippen LogP contribution < -0.4 is 21.3 Å². The zero-order chi connectivity index (χ0) is 30.4. The van der Waals surface area contributed by atoms with Crippen LogP contribution in [0.1, 0.15) is 69.3 Å². The Kier molecular flexibility index (Phi) is 13.7. The van der Waals surface area contributed by atoms with Gasteiger partial charge in [-0.3, -0.25) is 14.2 Å². The number of aryl methyl sites for hydroxylation is 3. The smallest absolute Gasteiger partial charge is 0.348 e. The Hall–Kier alpha value is -2.71. The molecule has 0 radical (unpaired) electrons. The van der Waals surface area contributed by atoms with E-state index in [2.05, 4.69) is 5.32 Å². The van der Waals surface area contributed by atoms with E-state index < -0.39 is 28.7 Å². The van der Waals surface area contributed by atoms with Crippen molar-refractivity contribution >= 4 is 57.4 Å². The van der Waals surface area contributed by atoms with Crippen molar-refractivity contribution < 1.29 is 24.2 Å². The zero-order valence-electron chi connectivity index (χ0n) is 25.2. The van der Waals surface area contributed by atoms with Gasteiger partial charge in [-0.1, -0.05) is 18.2 Å². The topological polar surface area (TPSA) is 129 Å². The van der Waals surface area contributed by atoms with Crippen molar-refractivity contribution in [2.75, 3.05) is 13.7 Å². The van der Waals surface area contributed by atoms with E-state index in [0.29, 0.717) is 22.6 Å². The number of fused-ring (bicyclic) bond motifs is 1. The average Bonchev–Trinajstić information content (AvgIpc) is 3.20. The van der Waals surface area contributed by atoms with Crippen LogP contribution in [0.15, 0.2) is 33.9 Å². The Labute approximate surface area is 261 Å². The number of thiophene rings is 1. The summed E-state index contributed by atoms with van der Waals surface area (Å²) in [5, 5.41) is 11.1. The van der Waals surface area contributed by atoms with E-state index in [1.807, 2.05) is 24.3 Å². The van der Waals surface area contributed by atoms with Crippen LogP contribution in [0.3, 0.4) is 0 Å². The van der Waals surface area contributed by atoms with Gasteiger partial charge in [0.1, 0.15) is 21.0 Å². The molecule has 0 aliphatic rings. The number of carbonyl (C=O) groups is 2. The number of nitrogens with zero attached hydrogens (tertiary/aromatic N) is 2. The molecule has 2 heterocycles. The number of para-hydroxylation sites is 1. The summed E-state index contributed by atoms with van der Waals surface area (Å²) < 4.78 is 13.1. The summed E-state index contributed by atoms with van der Waals surface area (Å²) in [5.41, 5.74) is -1.40. The van der Waals surface area contributed by atoms with Crippen molar-refractivity contribution in [3.8, 4) is 5.75 Å². The standard InChI is InChI=1S/C26H33N3O6S.C3H8O.HI/c1-8-35-23(31)20-16(4)19-21(30)29(26(5,6)24(32)27-15(2)3)25(33)28(22(19)36-20)14-13-17-11-9-10-12-18(17)34-7;1-3(2)4;/h9-12,15H,8,13-14H2,1-7H3,(H,27,32);3-4H,1-2H3;1H. The minimum atomic E-state index is -1.47. The molecule has 228 valence electrons. The first-order chi connectivity index (χ1) is 18.7. The molecule has 41 heavy (non-hydrogen) atoms. The Morgan fingerprint density at radius 1 is 1.12 bits per heavy atom. The zero-order valence-corrected chi connectivity index (χ0v) is 28.3. The van der Waals surface area contributed by atoms with Gasteiger partial charge in [0.2, 0.25) is 5.91 Å². The van der Waals surface area contributed by atoms with E-state index in [4.69, 9.17) is 14.6 Å². The molecule has 2 N–H and O–H groups in total. The molecule has 12 heteroatoms. The van der Waals surface area contributed by atoms with Gasteiger partial charge >= 0.3 is 11.7 Å². The third kappa shape index (κ3) is 8.41. The lowest BCUT2D eigenvalue weighted by atomic mass is 10.0. The number of hydrogen-bond acceptors (Lipinski definition) is 8. The van der Waals surface area contributed by atoms with Crippen molar-refractivity contribution in [1.29, 1.82) is 0 Å². The van der Waals surface area contributed by atoms with Crippen molar-refractivity contribution in [2.45, 2.75) is 86.0 Å². The second kappa shape index (κ2) is 15.5. The SMILES string of the molecule is CC(C)O.CCOC(=O)c1sc2c(c1C)c(=O)n(C(C)(C)C(=O)NC(C)C)c(=O)n2CCc1ccccc1OC.I. The minimum absolute atomic E-state index is 0. The fourth-order valence-electron chi connectivity index (χ4n) is 4.11. The van der Waals surface area contributed by atoms with Crippen LogP contribution >= 0.6 is 35.3 Å². The Bertz CT molecular complexity index is 1470. The van der Waals surface area contributed by atoms with Crippen LogP contribution in [0.4, 0.5) is 0 Å². The Balaban J connectivity index is 0.00000157. The van der Waals surface area contributed by atoms with E-state index >= 15 is 0 Å². The summed E-state index contributed by atoms with van der Waals surface area (Å²) >= 11 is 1.05. The molecule has 0 fully saturated rings. The molecule has 0 atom stereocenters. The third-order valence-corrected chi connectivity index (χ3v) is 7.30. The molecule has 3 rings (SSSR count). The molecular formula is C29H42IN3O7S. The second-order valence-electron chi connectivity index (χ2n) is 10.4. The molecule has 0 saturated heterocycles. The van der Waals surface area contributed by atoms with E-state index in [-0.39, 0.29) is 59.5 Å². The molecule has 10 nitrogen and oxygen atoms in total.